The van der Waals surface area contributed by atoms with E-state index < -0.39 is 44.3 Å². The normalized spacial score (nSPS) is 33.9. The summed E-state index contributed by atoms with van der Waals surface area (Å²) in [5.74, 6) is -1.46. The summed E-state index contributed by atoms with van der Waals surface area (Å²) < 4.78 is 19.7. The maximum atomic E-state index is 10.9. The number of carbonyl (C=O) groups is 1. The molecule has 124 valence electrons. The van der Waals surface area contributed by atoms with Gasteiger partial charge in [-0.3, -0.25) is 4.52 Å². The second kappa shape index (κ2) is 7.61. The van der Waals surface area contributed by atoms with Crippen LogP contribution in [0.15, 0.2) is 0 Å². The summed E-state index contributed by atoms with van der Waals surface area (Å²) in [7, 11) is -4.52. The zero-order valence-corrected chi connectivity index (χ0v) is 11.9. The Morgan fingerprint density at radius 2 is 1.71 bits per heavy atom. The predicted octanol–water partition coefficient (Wildman–Crippen LogP) is -1.80. The largest absolute Gasteiger partial charge is 0.479 e. The molecule has 0 aliphatic carbocycles. The Hall–Kier alpha value is -0.580. The molecule has 0 aromatic heterocycles. The van der Waals surface area contributed by atoms with E-state index in [1.54, 1.807) is 0 Å². The number of carboxylic acid groups (broad SMARTS) is 1. The quantitative estimate of drug-likeness (QED) is 0.231. The second-order valence-corrected chi connectivity index (χ2v) is 5.96. The molecule has 21 heavy (non-hydrogen) atoms. The zero-order valence-electron chi connectivity index (χ0n) is 11.0. The van der Waals surface area contributed by atoms with Crippen molar-refractivity contribution < 1.29 is 48.8 Å². The lowest BCUT2D eigenvalue weighted by Gasteiger charge is -2.39. The van der Waals surface area contributed by atoms with Crippen LogP contribution in [0.1, 0.15) is 19.3 Å². The van der Waals surface area contributed by atoms with Gasteiger partial charge in [0.15, 0.2) is 6.10 Å². The van der Waals surface area contributed by atoms with Crippen molar-refractivity contribution in [1.29, 1.82) is 0 Å². The Morgan fingerprint density at radius 1 is 1.10 bits per heavy atom. The molecule has 1 saturated heterocycles. The van der Waals surface area contributed by atoms with Crippen LogP contribution in [0.3, 0.4) is 0 Å². The van der Waals surface area contributed by atoms with Gasteiger partial charge in [0.2, 0.25) is 0 Å². The first kappa shape index (κ1) is 18.5. The van der Waals surface area contributed by atoms with Gasteiger partial charge in [-0.15, -0.1) is 0 Å². The van der Waals surface area contributed by atoms with E-state index in [2.05, 4.69) is 4.52 Å². The lowest BCUT2D eigenvalue weighted by molar-refractivity contribution is -0.228. The fourth-order valence-electron chi connectivity index (χ4n) is 2.02. The molecule has 1 heterocycles. The lowest BCUT2D eigenvalue weighted by Crippen LogP contribution is -2.59. The molecule has 1 aliphatic rings. The number of aliphatic carboxylic acids is 1. The second-order valence-electron chi connectivity index (χ2n) is 4.72. The molecule has 0 aromatic rings. The van der Waals surface area contributed by atoms with E-state index >= 15 is 0 Å². The van der Waals surface area contributed by atoms with Crippen molar-refractivity contribution in [1.82, 2.24) is 0 Å². The highest BCUT2D eigenvalue weighted by Crippen LogP contribution is 2.36. The average molecular weight is 330 g/mol. The van der Waals surface area contributed by atoms with Crippen LogP contribution in [0.4, 0.5) is 0 Å². The molecule has 5 unspecified atom stereocenters. The Kier molecular flexibility index (Phi) is 6.70. The van der Waals surface area contributed by atoms with Crippen LogP contribution >= 0.6 is 7.82 Å². The van der Waals surface area contributed by atoms with Crippen LogP contribution in [0.2, 0.25) is 0 Å². The van der Waals surface area contributed by atoms with Gasteiger partial charge in [0, 0.05) is 0 Å². The Morgan fingerprint density at radius 3 is 2.24 bits per heavy atom. The molecule has 0 spiro atoms. The summed E-state index contributed by atoms with van der Waals surface area (Å²) in [4.78, 5) is 27.8. The predicted molar refractivity (Wildman–Crippen MR) is 66.2 cm³/mol. The fourth-order valence-corrected chi connectivity index (χ4v) is 2.39. The van der Waals surface area contributed by atoms with Gasteiger partial charge < -0.3 is 34.9 Å². The van der Waals surface area contributed by atoms with Crippen molar-refractivity contribution in [3.05, 3.63) is 0 Å². The van der Waals surface area contributed by atoms with Gasteiger partial charge in [0.05, 0.1) is 12.7 Å². The first-order valence-electron chi connectivity index (χ1n) is 6.26. The van der Waals surface area contributed by atoms with Crippen LogP contribution in [-0.2, 0) is 18.6 Å². The van der Waals surface area contributed by atoms with Crippen LogP contribution in [0.5, 0.6) is 0 Å². The summed E-state index contributed by atoms with van der Waals surface area (Å²) in [6, 6.07) is 0. The van der Waals surface area contributed by atoms with Crippen LogP contribution in [0.25, 0.3) is 0 Å². The highest BCUT2D eigenvalue weighted by atomic mass is 31.2. The Balaban J connectivity index is 2.43. The maximum Gasteiger partial charge on any atom is 0.469 e. The molecular formula is C10H19O10P. The number of ether oxygens (including phenoxy) is 1. The van der Waals surface area contributed by atoms with E-state index in [9.17, 15) is 24.7 Å². The minimum atomic E-state index is -4.52. The van der Waals surface area contributed by atoms with Gasteiger partial charge in [-0.1, -0.05) is 0 Å². The smallest absolute Gasteiger partial charge is 0.469 e. The molecule has 1 rings (SSSR count). The highest BCUT2D eigenvalue weighted by Gasteiger charge is 2.46. The topological polar surface area (TPSA) is 174 Å². The van der Waals surface area contributed by atoms with E-state index in [0.29, 0.717) is 6.42 Å². The third kappa shape index (κ3) is 5.61. The van der Waals surface area contributed by atoms with Crippen molar-refractivity contribution in [3.8, 4) is 0 Å². The van der Waals surface area contributed by atoms with E-state index in [0.717, 1.165) is 0 Å². The van der Waals surface area contributed by atoms with Crippen molar-refractivity contribution in [3.63, 3.8) is 0 Å². The summed E-state index contributed by atoms with van der Waals surface area (Å²) >= 11 is 0. The molecule has 1 aliphatic heterocycles. The minimum absolute atomic E-state index is 0.138. The van der Waals surface area contributed by atoms with Gasteiger partial charge in [0.1, 0.15) is 18.3 Å². The van der Waals surface area contributed by atoms with Gasteiger partial charge >= 0.3 is 13.8 Å². The molecule has 6 N–H and O–H groups in total. The summed E-state index contributed by atoms with van der Waals surface area (Å²) in [6.07, 6.45) is -6.76. The number of hydrogen-bond donors (Lipinski definition) is 6. The van der Waals surface area contributed by atoms with Gasteiger partial charge in [0.25, 0.3) is 0 Å². The number of unbranched alkanes of at least 4 members (excludes halogenated alkanes) is 1. The number of aliphatic hydroxyl groups is 3. The molecule has 0 saturated carbocycles. The lowest BCUT2D eigenvalue weighted by atomic mass is 9.92. The van der Waals surface area contributed by atoms with Crippen molar-refractivity contribution in [2.75, 3.05) is 6.61 Å². The van der Waals surface area contributed by atoms with E-state index in [-0.39, 0.29) is 19.4 Å². The van der Waals surface area contributed by atoms with Gasteiger partial charge in [-0.05, 0) is 19.3 Å². The number of rotatable bonds is 7. The van der Waals surface area contributed by atoms with Crippen LogP contribution in [0, 0.1) is 0 Å². The number of hydrogen-bond acceptors (Lipinski definition) is 7. The number of phosphoric acid groups is 1. The van der Waals surface area contributed by atoms with Crippen molar-refractivity contribution in [2.45, 2.75) is 49.8 Å². The van der Waals surface area contributed by atoms with Crippen LogP contribution < -0.4 is 0 Å². The zero-order chi connectivity index (χ0) is 16.2. The molecule has 10 nitrogen and oxygen atoms in total. The van der Waals surface area contributed by atoms with E-state index in [4.69, 9.17) is 19.6 Å². The molecule has 0 bridgehead atoms. The average Bonchev–Trinajstić information content (AvgIpc) is 2.36. The monoisotopic (exact) mass is 330 g/mol. The van der Waals surface area contributed by atoms with E-state index in [1.165, 1.54) is 0 Å². The van der Waals surface area contributed by atoms with Gasteiger partial charge in [-0.25, -0.2) is 9.36 Å². The molecule has 5 atom stereocenters. The molecule has 1 fully saturated rings. The third-order valence-corrected chi connectivity index (χ3v) is 3.62. The standard InChI is InChI=1S/C10H19O10P/c11-6-5(3-1-2-4-19-21(16,17)18)20-9(10(14)15)8(13)7(6)12/h5-9,11-13H,1-4H2,(H,14,15)(H2,16,17,18). The third-order valence-electron chi connectivity index (χ3n) is 3.10. The Bertz CT molecular complexity index is 395. The summed E-state index contributed by atoms with van der Waals surface area (Å²) in [5.41, 5.74) is 0. The van der Waals surface area contributed by atoms with Crippen molar-refractivity contribution >= 4 is 13.8 Å². The molecular weight excluding hydrogens is 311 g/mol. The van der Waals surface area contributed by atoms with Gasteiger partial charge in [-0.2, -0.15) is 0 Å². The van der Waals surface area contributed by atoms with Crippen molar-refractivity contribution in [2.24, 2.45) is 0 Å². The molecule has 0 radical (unpaired) electrons. The minimum Gasteiger partial charge on any atom is -0.479 e. The first-order chi connectivity index (χ1) is 9.63. The number of carboxylic acids is 1. The Labute approximate surface area is 120 Å². The molecule has 11 heteroatoms. The maximum absolute atomic E-state index is 10.9. The summed E-state index contributed by atoms with van der Waals surface area (Å²) in [5, 5.41) is 37.6. The highest BCUT2D eigenvalue weighted by molar-refractivity contribution is 7.46. The first-order valence-corrected chi connectivity index (χ1v) is 7.79. The SMILES string of the molecule is O=C(O)C1OC(CCCCOP(=O)(O)O)C(O)C(O)C1O. The van der Waals surface area contributed by atoms with Crippen LogP contribution in [-0.4, -0.2) is 73.3 Å². The summed E-state index contributed by atoms with van der Waals surface area (Å²) in [6.45, 7) is -0.208. The fraction of sp³-hybridized carbons (Fsp3) is 0.900. The number of phosphoric ester groups is 1. The molecule has 0 amide bonds. The number of aliphatic hydroxyl groups excluding tert-OH is 3. The van der Waals surface area contributed by atoms with E-state index in [1.807, 2.05) is 0 Å². The molecule has 0 aromatic carbocycles.